The van der Waals surface area contributed by atoms with Crippen molar-refractivity contribution in [1.29, 1.82) is 0 Å². The molecule has 0 saturated carbocycles. The highest BCUT2D eigenvalue weighted by molar-refractivity contribution is 5.89. The first-order valence-electron chi connectivity index (χ1n) is 40.5. The van der Waals surface area contributed by atoms with Crippen LogP contribution in [0.3, 0.4) is 0 Å². The van der Waals surface area contributed by atoms with Gasteiger partial charge in [-0.1, -0.05) is 367 Å². The highest BCUT2D eigenvalue weighted by Gasteiger charge is 2.38. The van der Waals surface area contributed by atoms with E-state index in [0.717, 1.165) is 116 Å². The van der Waals surface area contributed by atoms with E-state index in [1.165, 1.54) is 50.1 Å². The van der Waals surface area contributed by atoms with Gasteiger partial charge in [0.15, 0.2) is 0 Å². The van der Waals surface area contributed by atoms with E-state index in [0.29, 0.717) is 37.6 Å². The number of carbonyl (C=O) groups excluding carboxylic acids is 2. The first-order chi connectivity index (χ1) is 55.0. The topological polar surface area (TPSA) is 126 Å². The summed E-state index contributed by atoms with van der Waals surface area (Å²) in [6.45, 7) is 4.83. The quantitative estimate of drug-likeness (QED) is 0.0146. The molecule has 11 heteroatoms. The van der Waals surface area contributed by atoms with Gasteiger partial charge >= 0.3 is 11.9 Å². The van der Waals surface area contributed by atoms with Crippen molar-refractivity contribution < 1.29 is 38.0 Å². The number of nitrogens with one attached hydrogen (secondary N) is 3. The fraction of sp³-hybridized carbons (Fsp3) is 0.320. The number of hydrogen-bond acceptors (Lipinski definition) is 11. The molecule has 11 nitrogen and oxygen atoms in total. The van der Waals surface area contributed by atoms with Crippen LogP contribution < -0.4 is 16.0 Å². The first kappa shape index (κ1) is 82.1. The average Bonchev–Trinajstić information content (AvgIpc) is 0.772. The Hall–Kier alpha value is -9.92. The average molecular weight is 1490 g/mol. The van der Waals surface area contributed by atoms with Gasteiger partial charge in [-0.3, -0.25) is 16.0 Å². The summed E-state index contributed by atoms with van der Waals surface area (Å²) < 4.78 is 37.5. The molecule has 0 radical (unpaired) electrons. The van der Waals surface area contributed by atoms with E-state index in [-0.39, 0.29) is 56.5 Å². The van der Waals surface area contributed by atoms with Gasteiger partial charge in [-0.15, -0.1) is 0 Å². The lowest BCUT2D eigenvalue weighted by Crippen LogP contribution is -2.45. The Morgan fingerprint density at radius 2 is 0.405 bits per heavy atom. The molecule has 2 atom stereocenters. The standard InChI is InChI=1S/C100H113N3O8/c104-96(85-49-21-7-22-50-85)110-78-83(47-19-2-5-44-72-102-99(90-59-31-12-32-60-90,91-61-33-13-34-62-91)92-63-35-14-36-64-92)76-108-80-106-74-82(46-18-1-4-43-71-101-98(87-53-25-9-26-54-87,88-55-27-10-28-56-88)89-57-29-11-30-58-89)75-107-81-109-77-84(79-111-97(105)86-51-23-8-24-52-86)48-20-3-6-45-73-103-100(93-65-37-15-38-66-93,94-67-39-16-40-68-94)95-69-41-17-42-70-95/h7-17,21-42,49-70,82-84,101-103H,1-6,18-20,43-48,71-81H2. The summed E-state index contributed by atoms with van der Waals surface area (Å²) in [5, 5.41) is 12.2. The van der Waals surface area contributed by atoms with Crippen molar-refractivity contribution in [2.45, 2.75) is 113 Å². The molecule has 11 aromatic carbocycles. The molecule has 0 spiro atoms. The lowest BCUT2D eigenvalue weighted by atomic mass is 9.77. The Morgan fingerprint density at radius 1 is 0.225 bits per heavy atom. The zero-order valence-electron chi connectivity index (χ0n) is 64.6. The maximum atomic E-state index is 13.3. The van der Waals surface area contributed by atoms with E-state index in [1.54, 1.807) is 24.3 Å². The van der Waals surface area contributed by atoms with Gasteiger partial charge in [0.2, 0.25) is 0 Å². The van der Waals surface area contributed by atoms with Crippen molar-refractivity contribution in [2.24, 2.45) is 17.8 Å². The van der Waals surface area contributed by atoms with Crippen LogP contribution in [0.1, 0.15) is 167 Å². The molecule has 11 rings (SSSR count). The van der Waals surface area contributed by atoms with Gasteiger partial charge in [-0.25, -0.2) is 9.59 Å². The second-order valence-electron chi connectivity index (χ2n) is 29.2. The largest absolute Gasteiger partial charge is 0.462 e. The maximum absolute atomic E-state index is 13.3. The minimum absolute atomic E-state index is 0.0233. The number of rotatable bonds is 51. The molecule has 0 amide bonds. The molecule has 11 aromatic rings. The molecule has 3 N–H and O–H groups in total. The van der Waals surface area contributed by atoms with Crippen molar-refractivity contribution >= 4 is 11.9 Å². The van der Waals surface area contributed by atoms with Crippen LogP contribution in [0.4, 0.5) is 0 Å². The molecule has 0 aliphatic heterocycles. The van der Waals surface area contributed by atoms with Crippen LogP contribution in [0.5, 0.6) is 0 Å². The summed E-state index contributed by atoms with van der Waals surface area (Å²) in [5.41, 5.74) is 10.3. The molecule has 0 aliphatic rings. The van der Waals surface area contributed by atoms with Crippen LogP contribution in [0.2, 0.25) is 0 Å². The van der Waals surface area contributed by atoms with Gasteiger partial charge < -0.3 is 28.4 Å². The van der Waals surface area contributed by atoms with Gasteiger partial charge in [-0.05, 0) is 132 Å². The number of esters is 2. The predicted molar refractivity (Wildman–Crippen MR) is 448 cm³/mol. The minimum atomic E-state index is -0.516. The summed E-state index contributed by atoms with van der Waals surface area (Å²) in [7, 11) is 0. The van der Waals surface area contributed by atoms with Crippen molar-refractivity contribution in [3.63, 3.8) is 0 Å². The molecule has 0 aromatic heterocycles. The zero-order valence-corrected chi connectivity index (χ0v) is 64.6. The Kier molecular flexibility index (Phi) is 34.0. The Labute approximate surface area is 660 Å². The van der Waals surface area contributed by atoms with Crippen LogP contribution in [0, 0.1) is 17.8 Å². The molecular formula is C100H113N3O8. The molecule has 2 unspecified atom stereocenters. The molecular weight excluding hydrogens is 1370 g/mol. The van der Waals surface area contributed by atoms with Gasteiger partial charge in [-0.2, -0.15) is 0 Å². The molecule has 0 saturated heterocycles. The number of carbonyl (C=O) groups is 2. The summed E-state index contributed by atoms with van der Waals surface area (Å²) in [6, 6.07) is 115. The van der Waals surface area contributed by atoms with Crippen molar-refractivity contribution in [3.05, 3.63) is 395 Å². The maximum Gasteiger partial charge on any atom is 0.338 e. The monoisotopic (exact) mass is 1480 g/mol. The van der Waals surface area contributed by atoms with Crippen LogP contribution in [-0.4, -0.2) is 84.8 Å². The fourth-order valence-electron chi connectivity index (χ4n) is 15.5. The third kappa shape index (κ3) is 24.3. The van der Waals surface area contributed by atoms with E-state index in [2.05, 4.69) is 289 Å². The third-order valence-corrected chi connectivity index (χ3v) is 21.3. The third-order valence-electron chi connectivity index (χ3n) is 21.3. The predicted octanol–water partition coefficient (Wildman–Crippen LogP) is 21.1. The fourth-order valence-corrected chi connectivity index (χ4v) is 15.5. The zero-order chi connectivity index (χ0) is 76.4. The van der Waals surface area contributed by atoms with Crippen molar-refractivity contribution in [1.82, 2.24) is 16.0 Å². The first-order valence-corrected chi connectivity index (χ1v) is 40.5. The molecule has 0 bridgehead atoms. The SMILES string of the molecule is O=C(OCC(CCCCCCNC(c1ccccc1)(c1ccccc1)c1ccccc1)COCOCC(CCCCCCNC(c1ccccc1)(c1ccccc1)c1ccccc1)COCOCC(CCCCCCNC(c1ccccc1)(c1ccccc1)c1ccccc1)COC(=O)c1ccccc1)c1ccccc1. The van der Waals surface area contributed by atoms with E-state index < -0.39 is 16.6 Å². The van der Waals surface area contributed by atoms with Crippen LogP contribution >= 0.6 is 0 Å². The highest BCUT2D eigenvalue weighted by atomic mass is 16.7. The van der Waals surface area contributed by atoms with Crippen LogP contribution in [0.15, 0.2) is 334 Å². The normalized spacial score (nSPS) is 12.6. The Morgan fingerprint density at radius 3 is 0.613 bits per heavy atom. The second-order valence-corrected chi connectivity index (χ2v) is 29.2. The molecule has 111 heavy (non-hydrogen) atoms. The lowest BCUT2D eigenvalue weighted by Gasteiger charge is -2.37. The molecule has 0 fully saturated rings. The highest BCUT2D eigenvalue weighted by Crippen LogP contribution is 2.40. The van der Waals surface area contributed by atoms with Crippen molar-refractivity contribution in [3.8, 4) is 0 Å². The number of benzene rings is 11. The van der Waals surface area contributed by atoms with Gasteiger partial charge in [0.05, 0.1) is 67.4 Å². The van der Waals surface area contributed by atoms with Gasteiger partial charge in [0, 0.05) is 17.8 Å². The van der Waals surface area contributed by atoms with E-state index in [4.69, 9.17) is 28.4 Å². The summed E-state index contributed by atoms with van der Waals surface area (Å²) >= 11 is 0. The smallest absolute Gasteiger partial charge is 0.338 e. The van der Waals surface area contributed by atoms with Gasteiger partial charge in [0.1, 0.15) is 13.6 Å². The minimum Gasteiger partial charge on any atom is -0.462 e. The Balaban J connectivity index is 0.689. The molecule has 0 heterocycles. The van der Waals surface area contributed by atoms with E-state index in [9.17, 15) is 9.59 Å². The van der Waals surface area contributed by atoms with Crippen LogP contribution in [0.25, 0.3) is 0 Å². The molecule has 0 aliphatic carbocycles. The Bertz CT molecular complexity index is 3790. The summed E-state index contributed by atoms with van der Waals surface area (Å²) in [5.74, 6) is -0.648. The summed E-state index contributed by atoms with van der Waals surface area (Å²) in [6.07, 6.45) is 14.7. The van der Waals surface area contributed by atoms with Crippen LogP contribution in [-0.2, 0) is 45.0 Å². The number of unbranched alkanes of at least 4 members (excludes halogenated alkanes) is 9. The van der Waals surface area contributed by atoms with Crippen molar-refractivity contribution in [2.75, 3.05) is 72.9 Å². The lowest BCUT2D eigenvalue weighted by molar-refractivity contribution is -0.106. The number of hydrogen-bond donors (Lipinski definition) is 3. The molecule has 576 valence electrons. The van der Waals surface area contributed by atoms with E-state index in [1.807, 2.05) is 36.4 Å². The van der Waals surface area contributed by atoms with E-state index >= 15 is 0 Å². The second kappa shape index (κ2) is 46.0. The number of ether oxygens (including phenoxy) is 6. The summed E-state index contributed by atoms with van der Waals surface area (Å²) in [4.78, 5) is 26.7. The van der Waals surface area contributed by atoms with Gasteiger partial charge in [0.25, 0.3) is 0 Å².